The number of hydrogen-bond acceptors (Lipinski definition) is 3. The van der Waals surface area contributed by atoms with Crippen molar-refractivity contribution in [3.8, 4) is 0 Å². The van der Waals surface area contributed by atoms with E-state index in [0.717, 1.165) is 16.6 Å². The minimum absolute atomic E-state index is 0.215. The van der Waals surface area contributed by atoms with Gasteiger partial charge in [-0.2, -0.15) is 0 Å². The standard InChI is InChI=1S/C12H13N3O2/c13-6-9-7-15(12(16)17-9)10-3-1-2-8-4-5-14-11(8)10/h1-5,9,14H,6-7,13H2. The maximum atomic E-state index is 11.7. The van der Waals surface area contributed by atoms with Gasteiger partial charge in [-0.1, -0.05) is 12.1 Å². The molecule has 0 bridgehead atoms. The van der Waals surface area contributed by atoms with Crippen LogP contribution >= 0.6 is 0 Å². The normalized spacial score (nSPS) is 19.9. The summed E-state index contributed by atoms with van der Waals surface area (Å²) in [6.07, 6.45) is 1.31. The summed E-state index contributed by atoms with van der Waals surface area (Å²) in [5, 5.41) is 1.08. The van der Waals surface area contributed by atoms with Gasteiger partial charge in [-0.25, -0.2) is 4.79 Å². The third-order valence-electron chi connectivity index (χ3n) is 2.99. The number of benzene rings is 1. The van der Waals surface area contributed by atoms with Gasteiger partial charge >= 0.3 is 6.09 Å². The summed E-state index contributed by atoms with van der Waals surface area (Å²) in [4.78, 5) is 16.5. The maximum absolute atomic E-state index is 11.7. The number of nitrogens with one attached hydrogen (secondary N) is 1. The molecule has 0 aliphatic carbocycles. The van der Waals surface area contributed by atoms with Crippen molar-refractivity contribution in [2.75, 3.05) is 18.0 Å². The van der Waals surface area contributed by atoms with Gasteiger partial charge in [0.1, 0.15) is 6.10 Å². The van der Waals surface area contributed by atoms with Crippen molar-refractivity contribution in [1.29, 1.82) is 0 Å². The average molecular weight is 231 g/mol. The number of anilines is 1. The number of H-pyrrole nitrogens is 1. The van der Waals surface area contributed by atoms with E-state index in [4.69, 9.17) is 10.5 Å². The van der Waals surface area contributed by atoms with Gasteiger partial charge in [0, 0.05) is 18.1 Å². The number of carbonyl (C=O) groups excluding carboxylic acids is 1. The lowest BCUT2D eigenvalue weighted by Gasteiger charge is -2.13. The third-order valence-corrected chi connectivity index (χ3v) is 2.99. The minimum atomic E-state index is -0.331. The minimum Gasteiger partial charge on any atom is -0.443 e. The molecule has 1 amide bonds. The molecule has 3 rings (SSSR count). The highest BCUT2D eigenvalue weighted by atomic mass is 16.6. The van der Waals surface area contributed by atoms with Crippen molar-refractivity contribution >= 4 is 22.7 Å². The zero-order valence-corrected chi connectivity index (χ0v) is 9.22. The summed E-state index contributed by atoms with van der Waals surface area (Å²) in [5.74, 6) is 0. The quantitative estimate of drug-likeness (QED) is 0.821. The van der Waals surface area contributed by atoms with Crippen molar-refractivity contribution < 1.29 is 9.53 Å². The molecule has 2 heterocycles. The average Bonchev–Trinajstić information content (AvgIpc) is 2.94. The van der Waals surface area contributed by atoms with E-state index in [2.05, 4.69) is 4.98 Å². The predicted molar refractivity (Wildman–Crippen MR) is 65.0 cm³/mol. The Kier molecular flexibility index (Phi) is 2.26. The van der Waals surface area contributed by atoms with Crippen LogP contribution in [0.15, 0.2) is 30.5 Å². The highest BCUT2D eigenvalue weighted by Gasteiger charge is 2.32. The molecule has 88 valence electrons. The fraction of sp³-hybridized carbons (Fsp3) is 0.250. The molecule has 17 heavy (non-hydrogen) atoms. The number of rotatable bonds is 2. The van der Waals surface area contributed by atoms with Crippen LogP contribution in [0, 0.1) is 0 Å². The van der Waals surface area contributed by atoms with Crippen LogP contribution in [-0.2, 0) is 4.74 Å². The Hall–Kier alpha value is -2.01. The van der Waals surface area contributed by atoms with Crippen LogP contribution in [0.5, 0.6) is 0 Å². The first-order valence-corrected chi connectivity index (χ1v) is 5.54. The molecule has 0 saturated carbocycles. The first-order chi connectivity index (χ1) is 8.29. The lowest BCUT2D eigenvalue weighted by molar-refractivity contribution is 0.145. The number of fused-ring (bicyclic) bond motifs is 1. The summed E-state index contributed by atoms with van der Waals surface area (Å²) in [6, 6.07) is 7.80. The van der Waals surface area contributed by atoms with E-state index in [0.29, 0.717) is 13.1 Å². The monoisotopic (exact) mass is 231 g/mol. The van der Waals surface area contributed by atoms with Crippen molar-refractivity contribution in [3.63, 3.8) is 0 Å². The van der Waals surface area contributed by atoms with E-state index in [1.807, 2.05) is 30.5 Å². The Morgan fingerprint density at radius 2 is 2.35 bits per heavy atom. The number of aromatic nitrogens is 1. The summed E-state index contributed by atoms with van der Waals surface area (Å²) < 4.78 is 5.15. The number of hydrogen-bond donors (Lipinski definition) is 2. The van der Waals surface area contributed by atoms with Crippen LogP contribution in [0.25, 0.3) is 10.9 Å². The van der Waals surface area contributed by atoms with Crippen molar-refractivity contribution in [2.45, 2.75) is 6.10 Å². The smallest absolute Gasteiger partial charge is 0.414 e. The number of carbonyl (C=O) groups is 1. The lowest BCUT2D eigenvalue weighted by atomic mass is 10.2. The lowest BCUT2D eigenvalue weighted by Crippen LogP contribution is -2.27. The van der Waals surface area contributed by atoms with Crippen molar-refractivity contribution in [1.82, 2.24) is 4.98 Å². The van der Waals surface area contributed by atoms with E-state index in [1.165, 1.54) is 0 Å². The van der Waals surface area contributed by atoms with Gasteiger partial charge in [0.25, 0.3) is 0 Å². The van der Waals surface area contributed by atoms with E-state index in [9.17, 15) is 4.79 Å². The molecule has 1 unspecified atom stereocenters. The molecule has 1 atom stereocenters. The molecule has 1 aromatic carbocycles. The second-order valence-corrected chi connectivity index (χ2v) is 4.07. The maximum Gasteiger partial charge on any atom is 0.414 e. The second-order valence-electron chi connectivity index (χ2n) is 4.07. The highest BCUT2D eigenvalue weighted by molar-refractivity contribution is 6.00. The Bertz CT molecular complexity index is 564. The summed E-state index contributed by atoms with van der Waals surface area (Å²) in [6.45, 7) is 0.858. The van der Waals surface area contributed by atoms with Crippen LogP contribution in [0.1, 0.15) is 0 Å². The number of cyclic esters (lactones) is 1. The molecule has 0 spiro atoms. The molecule has 3 N–H and O–H groups in total. The van der Waals surface area contributed by atoms with E-state index in [-0.39, 0.29) is 12.2 Å². The molecule has 1 aliphatic heterocycles. The zero-order chi connectivity index (χ0) is 11.8. The highest BCUT2D eigenvalue weighted by Crippen LogP contribution is 2.28. The fourth-order valence-electron chi connectivity index (χ4n) is 2.13. The first-order valence-electron chi connectivity index (χ1n) is 5.54. The Morgan fingerprint density at radius 3 is 3.12 bits per heavy atom. The van der Waals surface area contributed by atoms with Gasteiger partial charge in [-0.15, -0.1) is 0 Å². The number of amides is 1. The third kappa shape index (κ3) is 1.55. The van der Waals surface area contributed by atoms with E-state index < -0.39 is 0 Å². The summed E-state index contributed by atoms with van der Waals surface area (Å²) >= 11 is 0. The second kappa shape index (κ2) is 3.78. The SMILES string of the molecule is NCC1CN(c2cccc3cc[nH]c23)C(=O)O1. The number of aromatic amines is 1. The summed E-state index contributed by atoms with van der Waals surface area (Å²) in [5.41, 5.74) is 7.30. The van der Waals surface area contributed by atoms with Crippen LogP contribution in [0.4, 0.5) is 10.5 Å². The molecule has 1 aliphatic rings. The number of ether oxygens (including phenoxy) is 1. The van der Waals surface area contributed by atoms with Crippen molar-refractivity contribution in [3.05, 3.63) is 30.5 Å². The van der Waals surface area contributed by atoms with E-state index in [1.54, 1.807) is 4.90 Å². The zero-order valence-electron chi connectivity index (χ0n) is 9.22. The van der Waals surface area contributed by atoms with Gasteiger partial charge < -0.3 is 15.5 Å². The number of nitrogens with two attached hydrogens (primary N) is 1. The molecule has 1 saturated heterocycles. The molecular formula is C12H13N3O2. The Morgan fingerprint density at radius 1 is 1.47 bits per heavy atom. The van der Waals surface area contributed by atoms with Gasteiger partial charge in [0.15, 0.2) is 0 Å². The molecule has 2 aromatic rings. The molecule has 0 radical (unpaired) electrons. The van der Waals surface area contributed by atoms with Gasteiger partial charge in [-0.05, 0) is 12.1 Å². The van der Waals surface area contributed by atoms with Crippen LogP contribution in [0.2, 0.25) is 0 Å². The molecular weight excluding hydrogens is 218 g/mol. The van der Waals surface area contributed by atoms with Gasteiger partial charge in [0.2, 0.25) is 0 Å². The van der Waals surface area contributed by atoms with E-state index >= 15 is 0 Å². The van der Waals surface area contributed by atoms with Gasteiger partial charge in [0.05, 0.1) is 17.7 Å². The van der Waals surface area contributed by atoms with Crippen LogP contribution < -0.4 is 10.6 Å². The Labute approximate surface area is 98.2 Å². The van der Waals surface area contributed by atoms with Crippen LogP contribution in [-0.4, -0.2) is 30.3 Å². The predicted octanol–water partition coefficient (Wildman–Crippen LogP) is 1.45. The Balaban J connectivity index is 2.04. The topological polar surface area (TPSA) is 71.3 Å². The fourth-order valence-corrected chi connectivity index (χ4v) is 2.13. The van der Waals surface area contributed by atoms with Gasteiger partial charge in [-0.3, -0.25) is 4.90 Å². The molecule has 5 nitrogen and oxygen atoms in total. The largest absolute Gasteiger partial charge is 0.443 e. The molecule has 5 heteroatoms. The molecule has 1 aromatic heterocycles. The van der Waals surface area contributed by atoms with Crippen molar-refractivity contribution in [2.24, 2.45) is 5.73 Å². The number of para-hydroxylation sites is 1. The van der Waals surface area contributed by atoms with Crippen LogP contribution in [0.3, 0.4) is 0 Å². The summed E-state index contributed by atoms with van der Waals surface area (Å²) in [7, 11) is 0. The first kappa shape index (κ1) is 10.2. The number of nitrogens with zero attached hydrogens (tertiary/aromatic N) is 1. The molecule has 1 fully saturated rings.